The van der Waals surface area contributed by atoms with Gasteiger partial charge in [-0.25, -0.2) is 4.79 Å². The second-order valence-electron chi connectivity index (χ2n) is 9.40. The normalized spacial score (nSPS) is 22.1. The first-order valence-corrected chi connectivity index (χ1v) is 12.8. The van der Waals surface area contributed by atoms with Crippen molar-refractivity contribution in [1.82, 2.24) is 10.2 Å². The van der Waals surface area contributed by atoms with Crippen molar-refractivity contribution >= 4 is 50.8 Å². The summed E-state index contributed by atoms with van der Waals surface area (Å²) in [4.78, 5) is 30.2. The zero-order valence-electron chi connectivity index (χ0n) is 19.4. The number of fused-ring (bicyclic) bond motifs is 1. The van der Waals surface area contributed by atoms with Crippen LogP contribution in [0.25, 0.3) is 0 Å². The number of nitrogens with zero attached hydrogens (tertiary/aromatic N) is 2. The van der Waals surface area contributed by atoms with Gasteiger partial charge in [0.1, 0.15) is 0 Å². The first kappa shape index (κ1) is 25.0. The monoisotopic (exact) mass is 548 g/mol. The number of urea groups is 1. The molecule has 2 aliphatic rings. The average molecular weight is 550 g/mol. The van der Waals surface area contributed by atoms with Gasteiger partial charge >= 0.3 is 6.03 Å². The quantitative estimate of drug-likeness (QED) is 0.484. The van der Waals surface area contributed by atoms with Crippen LogP contribution < -0.4 is 15.5 Å². The molecule has 2 aliphatic heterocycles. The molecule has 3 amide bonds. The third-order valence-electron chi connectivity index (χ3n) is 6.58. The number of carbonyl (C=O) groups is 2. The molecule has 0 radical (unpaired) electrons. The van der Waals surface area contributed by atoms with E-state index in [1.54, 1.807) is 42.5 Å². The fourth-order valence-electron chi connectivity index (χ4n) is 4.61. The van der Waals surface area contributed by atoms with Gasteiger partial charge in [-0.1, -0.05) is 41.4 Å². The third-order valence-corrected chi connectivity index (χ3v) is 7.33. The van der Waals surface area contributed by atoms with E-state index >= 15 is 0 Å². The van der Waals surface area contributed by atoms with E-state index in [1.165, 1.54) is 12.8 Å². The topological polar surface area (TPSA) is 84.9 Å². The predicted octanol–water partition coefficient (Wildman–Crippen LogP) is 4.78. The highest BCUT2D eigenvalue weighted by atomic mass is 79.9. The summed E-state index contributed by atoms with van der Waals surface area (Å²) in [6.45, 7) is 7.74. The van der Waals surface area contributed by atoms with E-state index in [1.807, 2.05) is 0 Å². The summed E-state index contributed by atoms with van der Waals surface area (Å²) >= 11 is 9.44. The second kappa shape index (κ2) is 10.2. The van der Waals surface area contributed by atoms with E-state index < -0.39 is 17.7 Å². The fraction of sp³-hybridized carbons (Fsp3) is 0.440. The predicted molar refractivity (Wildman–Crippen MR) is 138 cm³/mol. The first-order chi connectivity index (χ1) is 16.2. The van der Waals surface area contributed by atoms with Gasteiger partial charge in [-0.3, -0.25) is 9.69 Å². The summed E-state index contributed by atoms with van der Waals surface area (Å²) < 4.78 is 0.678. The number of aliphatic hydroxyl groups is 1. The maximum absolute atomic E-state index is 13.6. The van der Waals surface area contributed by atoms with E-state index in [-0.39, 0.29) is 11.5 Å². The zero-order valence-corrected chi connectivity index (χ0v) is 21.7. The number of anilines is 2. The number of piperidine rings is 1. The Morgan fingerprint density at radius 3 is 2.62 bits per heavy atom. The molecule has 0 aliphatic carbocycles. The minimum absolute atomic E-state index is 0.185. The van der Waals surface area contributed by atoms with Crippen LogP contribution in [0.1, 0.15) is 32.3 Å². The van der Waals surface area contributed by atoms with Crippen molar-refractivity contribution in [2.45, 2.75) is 32.4 Å². The number of rotatable bonds is 6. The lowest BCUT2D eigenvalue weighted by atomic mass is 9.94. The smallest absolute Gasteiger partial charge is 0.329 e. The van der Waals surface area contributed by atoms with E-state index in [2.05, 4.69) is 45.3 Å². The van der Waals surface area contributed by atoms with Gasteiger partial charge in [-0.15, -0.1) is 0 Å². The number of nitrogens with one attached hydrogen (secondary N) is 2. The van der Waals surface area contributed by atoms with Gasteiger partial charge in [0.25, 0.3) is 11.6 Å². The van der Waals surface area contributed by atoms with Gasteiger partial charge in [-0.2, -0.15) is 0 Å². The lowest BCUT2D eigenvalue weighted by molar-refractivity contribution is -0.140. The zero-order chi connectivity index (χ0) is 24.5. The summed E-state index contributed by atoms with van der Waals surface area (Å²) in [5.41, 5.74) is -1.23. The molecule has 2 heterocycles. The number of carbonyl (C=O) groups excluding carboxylic acids is 2. The van der Waals surface area contributed by atoms with Crippen molar-refractivity contribution in [2.75, 3.05) is 36.4 Å². The van der Waals surface area contributed by atoms with Gasteiger partial charge in [0, 0.05) is 33.8 Å². The SMILES string of the molecule is CC1CCN(C[C@@H](C)CNC(=O)[C@]2(O)c3cc(Br)ccc3NC(=O)N2c2ccc(Cl)cc2)CC1. The highest BCUT2D eigenvalue weighted by molar-refractivity contribution is 9.10. The molecule has 3 N–H and O–H groups in total. The van der Waals surface area contributed by atoms with Gasteiger partial charge in [0.05, 0.1) is 5.69 Å². The Labute approximate surface area is 213 Å². The molecule has 0 saturated carbocycles. The Morgan fingerprint density at radius 1 is 1.26 bits per heavy atom. The van der Waals surface area contributed by atoms with Crippen LogP contribution in [0, 0.1) is 11.8 Å². The van der Waals surface area contributed by atoms with Crippen molar-refractivity contribution in [3.05, 3.63) is 57.5 Å². The minimum Gasteiger partial charge on any atom is -0.359 e. The molecule has 1 fully saturated rings. The molecule has 4 rings (SSSR count). The average Bonchev–Trinajstić information content (AvgIpc) is 2.81. The lowest BCUT2D eigenvalue weighted by Gasteiger charge is -2.43. The summed E-state index contributed by atoms with van der Waals surface area (Å²) in [5, 5.41) is 18.1. The highest BCUT2D eigenvalue weighted by Gasteiger charge is 2.52. The molecule has 0 unspecified atom stereocenters. The molecule has 2 atom stereocenters. The summed E-state index contributed by atoms with van der Waals surface area (Å²) in [6, 6.07) is 10.9. The van der Waals surface area contributed by atoms with Crippen molar-refractivity contribution in [2.24, 2.45) is 11.8 Å². The van der Waals surface area contributed by atoms with Gasteiger partial charge in [-0.05, 0) is 80.2 Å². The molecule has 0 bridgehead atoms. The molecule has 0 spiro atoms. The van der Waals surface area contributed by atoms with Gasteiger partial charge in [0.15, 0.2) is 0 Å². The molecule has 2 aromatic rings. The first-order valence-electron chi connectivity index (χ1n) is 11.6. The number of benzene rings is 2. The molecule has 2 aromatic carbocycles. The van der Waals surface area contributed by atoms with Crippen LogP contribution in [0.15, 0.2) is 46.9 Å². The number of amides is 3. The van der Waals surface area contributed by atoms with Crippen LogP contribution in [-0.2, 0) is 10.5 Å². The Hall–Kier alpha value is -2.13. The van der Waals surface area contributed by atoms with Crippen LogP contribution in [0.3, 0.4) is 0 Å². The molecule has 34 heavy (non-hydrogen) atoms. The van der Waals surface area contributed by atoms with Crippen molar-refractivity contribution in [3.63, 3.8) is 0 Å². The van der Waals surface area contributed by atoms with E-state index in [4.69, 9.17) is 11.6 Å². The molecule has 1 saturated heterocycles. The van der Waals surface area contributed by atoms with Crippen LogP contribution >= 0.6 is 27.5 Å². The Balaban J connectivity index is 1.58. The Morgan fingerprint density at radius 2 is 1.94 bits per heavy atom. The van der Waals surface area contributed by atoms with Crippen LogP contribution in [0.2, 0.25) is 5.02 Å². The maximum atomic E-state index is 13.6. The third kappa shape index (κ3) is 5.10. The Bertz CT molecular complexity index is 1060. The van der Waals surface area contributed by atoms with Crippen molar-refractivity contribution in [1.29, 1.82) is 0 Å². The number of hydrogen-bond acceptors (Lipinski definition) is 4. The van der Waals surface area contributed by atoms with Crippen molar-refractivity contribution in [3.8, 4) is 0 Å². The number of likely N-dealkylation sites (tertiary alicyclic amines) is 1. The van der Waals surface area contributed by atoms with E-state index in [9.17, 15) is 14.7 Å². The van der Waals surface area contributed by atoms with Crippen molar-refractivity contribution < 1.29 is 14.7 Å². The standard InChI is InChI=1S/C25H30BrClN4O3/c1-16-9-11-30(12-10-16)15-17(2)14-28-23(32)25(34)21-13-18(26)3-8-22(21)29-24(33)31(25)20-6-4-19(27)5-7-20/h3-8,13,16-17,34H,9-12,14-15H2,1-2H3,(H,28,32)(H,29,33)/t17-,25+/m0/s1. The molecular formula is C25H30BrClN4O3. The van der Waals surface area contributed by atoms with Crippen LogP contribution in [0.4, 0.5) is 16.2 Å². The van der Waals surface area contributed by atoms with Crippen LogP contribution in [-0.4, -0.2) is 48.1 Å². The highest BCUT2D eigenvalue weighted by Crippen LogP contribution is 2.41. The number of halogens is 2. The maximum Gasteiger partial charge on any atom is 0.329 e. The summed E-state index contributed by atoms with van der Waals surface area (Å²) in [6.07, 6.45) is 2.38. The molecular weight excluding hydrogens is 520 g/mol. The molecule has 7 nitrogen and oxygen atoms in total. The lowest BCUT2D eigenvalue weighted by Crippen LogP contribution is -2.63. The van der Waals surface area contributed by atoms with E-state index in [0.29, 0.717) is 27.4 Å². The largest absolute Gasteiger partial charge is 0.359 e. The van der Waals surface area contributed by atoms with Gasteiger partial charge < -0.3 is 20.6 Å². The molecule has 9 heteroatoms. The summed E-state index contributed by atoms with van der Waals surface area (Å²) in [5.74, 6) is 0.288. The van der Waals surface area contributed by atoms with Gasteiger partial charge in [0.2, 0.25) is 0 Å². The van der Waals surface area contributed by atoms with E-state index in [0.717, 1.165) is 30.5 Å². The van der Waals surface area contributed by atoms with Crippen LogP contribution in [0.5, 0.6) is 0 Å². The molecule has 182 valence electrons. The minimum atomic E-state index is -2.24. The second-order valence-corrected chi connectivity index (χ2v) is 10.8. The fourth-order valence-corrected chi connectivity index (χ4v) is 5.10. The summed E-state index contributed by atoms with van der Waals surface area (Å²) in [7, 11) is 0. The molecule has 0 aromatic heterocycles. The number of hydrogen-bond donors (Lipinski definition) is 3. The Kier molecular flexibility index (Phi) is 7.52.